The predicted octanol–water partition coefficient (Wildman–Crippen LogP) is 2.14. The summed E-state index contributed by atoms with van der Waals surface area (Å²) >= 11 is 5.82. The SMILES string of the molecule is Cc1cc(CNO)c(C)c(O)c1Cl. The zero-order chi connectivity index (χ0) is 10.0. The highest BCUT2D eigenvalue weighted by Gasteiger charge is 2.09. The zero-order valence-corrected chi connectivity index (χ0v) is 8.31. The van der Waals surface area contributed by atoms with E-state index in [-0.39, 0.29) is 5.75 Å². The summed E-state index contributed by atoms with van der Waals surface area (Å²) in [6.45, 7) is 3.87. The van der Waals surface area contributed by atoms with Crippen molar-refractivity contribution < 1.29 is 10.3 Å². The predicted molar refractivity (Wildman–Crippen MR) is 51.2 cm³/mol. The van der Waals surface area contributed by atoms with Crippen LogP contribution in [0.4, 0.5) is 0 Å². The maximum Gasteiger partial charge on any atom is 0.137 e. The van der Waals surface area contributed by atoms with E-state index in [1.807, 2.05) is 18.5 Å². The fourth-order valence-corrected chi connectivity index (χ4v) is 1.40. The van der Waals surface area contributed by atoms with Gasteiger partial charge in [0, 0.05) is 6.54 Å². The summed E-state index contributed by atoms with van der Waals surface area (Å²) in [4.78, 5) is 0. The molecule has 0 saturated heterocycles. The van der Waals surface area contributed by atoms with Gasteiger partial charge < -0.3 is 10.3 Å². The van der Waals surface area contributed by atoms with Crippen LogP contribution in [0.2, 0.25) is 5.02 Å². The number of hydrogen-bond acceptors (Lipinski definition) is 3. The van der Waals surface area contributed by atoms with Crippen LogP contribution >= 0.6 is 11.6 Å². The highest BCUT2D eigenvalue weighted by Crippen LogP contribution is 2.32. The van der Waals surface area contributed by atoms with Crippen LogP contribution in [0.1, 0.15) is 16.7 Å². The van der Waals surface area contributed by atoms with Gasteiger partial charge in [-0.25, -0.2) is 5.48 Å². The molecule has 0 aromatic heterocycles. The fraction of sp³-hybridized carbons (Fsp3) is 0.333. The Morgan fingerprint density at radius 2 is 2.08 bits per heavy atom. The maximum absolute atomic E-state index is 9.55. The molecule has 72 valence electrons. The van der Waals surface area contributed by atoms with E-state index in [2.05, 4.69) is 0 Å². The van der Waals surface area contributed by atoms with Crippen molar-refractivity contribution in [3.63, 3.8) is 0 Å². The van der Waals surface area contributed by atoms with Gasteiger partial charge in [0.1, 0.15) is 5.75 Å². The van der Waals surface area contributed by atoms with Crippen molar-refractivity contribution in [2.24, 2.45) is 0 Å². The molecular weight excluding hydrogens is 190 g/mol. The molecular formula is C9H12ClNO2. The van der Waals surface area contributed by atoms with Crippen molar-refractivity contribution in [3.05, 3.63) is 27.8 Å². The van der Waals surface area contributed by atoms with Gasteiger partial charge in [-0.1, -0.05) is 17.7 Å². The summed E-state index contributed by atoms with van der Waals surface area (Å²) in [6, 6.07) is 1.83. The number of hydroxylamine groups is 1. The molecule has 1 rings (SSSR count). The number of rotatable bonds is 2. The molecule has 0 amide bonds. The molecule has 0 unspecified atom stereocenters. The van der Waals surface area contributed by atoms with Crippen molar-refractivity contribution in [3.8, 4) is 5.75 Å². The second-order valence-electron chi connectivity index (χ2n) is 2.98. The van der Waals surface area contributed by atoms with Gasteiger partial charge in [-0.2, -0.15) is 0 Å². The van der Waals surface area contributed by atoms with Gasteiger partial charge in [0.25, 0.3) is 0 Å². The van der Waals surface area contributed by atoms with Crippen LogP contribution < -0.4 is 5.48 Å². The van der Waals surface area contributed by atoms with E-state index in [0.29, 0.717) is 17.1 Å². The van der Waals surface area contributed by atoms with Crippen molar-refractivity contribution in [2.45, 2.75) is 20.4 Å². The molecule has 0 aliphatic carbocycles. The molecule has 0 heterocycles. The number of halogens is 1. The van der Waals surface area contributed by atoms with E-state index in [1.165, 1.54) is 0 Å². The molecule has 0 radical (unpaired) electrons. The van der Waals surface area contributed by atoms with Crippen LogP contribution in [0.5, 0.6) is 5.75 Å². The normalized spacial score (nSPS) is 10.5. The third-order valence-electron chi connectivity index (χ3n) is 2.05. The summed E-state index contributed by atoms with van der Waals surface area (Å²) in [5.74, 6) is 0.0897. The molecule has 0 aliphatic heterocycles. The first-order chi connectivity index (χ1) is 6.07. The zero-order valence-electron chi connectivity index (χ0n) is 7.56. The number of benzene rings is 1. The van der Waals surface area contributed by atoms with Crippen molar-refractivity contribution in [2.75, 3.05) is 0 Å². The first-order valence-electron chi connectivity index (χ1n) is 3.92. The first-order valence-corrected chi connectivity index (χ1v) is 4.30. The maximum atomic E-state index is 9.55. The highest BCUT2D eigenvalue weighted by molar-refractivity contribution is 6.32. The quantitative estimate of drug-likeness (QED) is 0.643. The lowest BCUT2D eigenvalue weighted by Crippen LogP contribution is -2.08. The Hall–Kier alpha value is -0.770. The number of aromatic hydroxyl groups is 1. The summed E-state index contributed by atoms with van der Waals surface area (Å²) in [6.07, 6.45) is 0. The molecule has 0 aliphatic rings. The van der Waals surface area contributed by atoms with E-state index in [9.17, 15) is 5.11 Å². The Morgan fingerprint density at radius 1 is 1.46 bits per heavy atom. The molecule has 13 heavy (non-hydrogen) atoms. The smallest absolute Gasteiger partial charge is 0.137 e. The molecule has 1 aromatic carbocycles. The lowest BCUT2D eigenvalue weighted by atomic mass is 10.0. The molecule has 0 spiro atoms. The Morgan fingerprint density at radius 3 is 2.62 bits per heavy atom. The number of aryl methyl sites for hydroxylation is 1. The van der Waals surface area contributed by atoms with E-state index in [0.717, 1.165) is 11.1 Å². The number of phenols is 1. The van der Waals surface area contributed by atoms with Crippen LogP contribution in [0, 0.1) is 13.8 Å². The third-order valence-corrected chi connectivity index (χ3v) is 2.53. The Balaban J connectivity index is 3.24. The average Bonchev–Trinajstić information content (AvgIpc) is 2.11. The highest BCUT2D eigenvalue weighted by atomic mass is 35.5. The molecule has 4 heteroatoms. The monoisotopic (exact) mass is 201 g/mol. The minimum Gasteiger partial charge on any atom is -0.506 e. The lowest BCUT2D eigenvalue weighted by molar-refractivity contribution is 0.161. The number of hydrogen-bond donors (Lipinski definition) is 3. The van der Waals surface area contributed by atoms with Gasteiger partial charge in [0.05, 0.1) is 5.02 Å². The summed E-state index contributed by atoms with van der Waals surface area (Å²) in [7, 11) is 0. The Bertz CT molecular complexity index is 326. The van der Waals surface area contributed by atoms with E-state index in [1.54, 1.807) is 6.92 Å². The van der Waals surface area contributed by atoms with E-state index >= 15 is 0 Å². The summed E-state index contributed by atoms with van der Waals surface area (Å²) in [5, 5.41) is 18.5. The minimum absolute atomic E-state index is 0.0897. The van der Waals surface area contributed by atoms with Crippen molar-refractivity contribution in [1.29, 1.82) is 0 Å². The number of nitrogens with one attached hydrogen (secondary N) is 1. The van der Waals surface area contributed by atoms with Crippen LogP contribution in [-0.2, 0) is 6.54 Å². The fourth-order valence-electron chi connectivity index (χ4n) is 1.21. The van der Waals surface area contributed by atoms with Gasteiger partial charge in [0.2, 0.25) is 0 Å². The molecule has 1 aromatic rings. The molecule has 3 N–H and O–H groups in total. The van der Waals surface area contributed by atoms with Gasteiger partial charge >= 0.3 is 0 Å². The third kappa shape index (κ3) is 1.94. The first kappa shape index (κ1) is 10.3. The molecule has 3 nitrogen and oxygen atoms in total. The average molecular weight is 202 g/mol. The second-order valence-corrected chi connectivity index (χ2v) is 3.35. The van der Waals surface area contributed by atoms with Crippen molar-refractivity contribution >= 4 is 11.6 Å². The van der Waals surface area contributed by atoms with Gasteiger partial charge in [0.15, 0.2) is 0 Å². The standard InChI is InChI=1S/C9H12ClNO2/c1-5-3-7(4-11-13)6(2)9(12)8(5)10/h3,11-13H,4H2,1-2H3. The topological polar surface area (TPSA) is 52.5 Å². The lowest BCUT2D eigenvalue weighted by Gasteiger charge is -2.10. The molecule has 0 bridgehead atoms. The van der Waals surface area contributed by atoms with E-state index < -0.39 is 0 Å². The Kier molecular flexibility index (Phi) is 3.14. The van der Waals surface area contributed by atoms with Gasteiger partial charge in [-0.3, -0.25) is 0 Å². The number of phenolic OH excluding ortho intramolecular Hbond substituents is 1. The van der Waals surface area contributed by atoms with E-state index in [4.69, 9.17) is 16.8 Å². The van der Waals surface area contributed by atoms with Crippen LogP contribution in [0.3, 0.4) is 0 Å². The Labute approximate surface area is 81.9 Å². The minimum atomic E-state index is 0.0897. The van der Waals surface area contributed by atoms with Crippen LogP contribution in [0.25, 0.3) is 0 Å². The summed E-state index contributed by atoms with van der Waals surface area (Å²) < 4.78 is 0. The summed E-state index contributed by atoms with van der Waals surface area (Å²) in [5.41, 5.74) is 4.37. The molecule has 0 fully saturated rings. The largest absolute Gasteiger partial charge is 0.506 e. The van der Waals surface area contributed by atoms with Gasteiger partial charge in [-0.15, -0.1) is 0 Å². The van der Waals surface area contributed by atoms with Gasteiger partial charge in [-0.05, 0) is 30.5 Å². The van der Waals surface area contributed by atoms with Crippen LogP contribution in [0.15, 0.2) is 6.07 Å². The molecule has 0 saturated carbocycles. The van der Waals surface area contributed by atoms with Crippen LogP contribution in [-0.4, -0.2) is 10.3 Å². The molecule has 0 atom stereocenters. The second kappa shape index (κ2) is 3.96. The van der Waals surface area contributed by atoms with Crippen molar-refractivity contribution in [1.82, 2.24) is 5.48 Å².